The van der Waals surface area contributed by atoms with E-state index in [4.69, 9.17) is 0 Å². The predicted molar refractivity (Wildman–Crippen MR) is 108 cm³/mol. The molecule has 0 fully saturated rings. The number of nitrogens with one attached hydrogen (secondary N) is 2. The molecule has 0 unspecified atom stereocenters. The van der Waals surface area contributed by atoms with Gasteiger partial charge in [-0.15, -0.1) is 0 Å². The van der Waals surface area contributed by atoms with E-state index in [1.54, 1.807) is 0 Å². The number of amides is 2. The summed E-state index contributed by atoms with van der Waals surface area (Å²) in [4.78, 5) is 24.3. The van der Waals surface area contributed by atoms with Gasteiger partial charge in [-0.25, -0.2) is 0 Å². The van der Waals surface area contributed by atoms with E-state index in [9.17, 15) is 9.59 Å². The molecule has 2 N–H and O–H groups in total. The van der Waals surface area contributed by atoms with Crippen LogP contribution in [-0.4, -0.2) is 18.4 Å². The minimum absolute atomic E-state index is 0.0701. The Hall–Kier alpha value is -3.14. The van der Waals surface area contributed by atoms with Gasteiger partial charge in [-0.05, 0) is 41.0 Å². The molecule has 0 spiro atoms. The van der Waals surface area contributed by atoms with Crippen molar-refractivity contribution in [2.45, 2.75) is 25.7 Å². The topological polar surface area (TPSA) is 58.2 Å². The molecule has 27 heavy (non-hydrogen) atoms. The maximum absolute atomic E-state index is 12.3. The van der Waals surface area contributed by atoms with Gasteiger partial charge in [0.25, 0.3) is 0 Å². The summed E-state index contributed by atoms with van der Waals surface area (Å²) in [5.74, 6) is -0.159. The number of benzene rings is 3. The second kappa shape index (κ2) is 7.62. The molecule has 0 bridgehead atoms. The van der Waals surface area contributed by atoms with Crippen LogP contribution in [0.15, 0.2) is 60.7 Å². The van der Waals surface area contributed by atoms with Crippen LogP contribution < -0.4 is 10.6 Å². The third kappa shape index (κ3) is 3.85. The predicted octanol–water partition coefficient (Wildman–Crippen LogP) is 3.63. The van der Waals surface area contributed by atoms with E-state index in [-0.39, 0.29) is 18.2 Å². The van der Waals surface area contributed by atoms with Crippen LogP contribution in [0.25, 0.3) is 10.8 Å². The standard InChI is InChI=1S/C23H22N2O2/c26-21(13-14-24-22(27)15-16-5-2-1-3-6-16)25-20-12-11-18-10-9-17-7-4-8-19(20)23(17)18/h1-8,11-12H,9-10,13-15H2,(H,24,27)(H,25,26). The molecule has 0 saturated heterocycles. The smallest absolute Gasteiger partial charge is 0.226 e. The maximum Gasteiger partial charge on any atom is 0.226 e. The van der Waals surface area contributed by atoms with Gasteiger partial charge < -0.3 is 10.6 Å². The van der Waals surface area contributed by atoms with Gasteiger partial charge in [0.1, 0.15) is 0 Å². The summed E-state index contributed by atoms with van der Waals surface area (Å²) in [5.41, 5.74) is 4.52. The second-order valence-corrected chi connectivity index (χ2v) is 6.92. The Morgan fingerprint density at radius 2 is 1.59 bits per heavy atom. The molecular formula is C23H22N2O2. The minimum Gasteiger partial charge on any atom is -0.355 e. The number of anilines is 1. The van der Waals surface area contributed by atoms with Crippen LogP contribution in [0.1, 0.15) is 23.1 Å². The summed E-state index contributed by atoms with van der Waals surface area (Å²) in [6.45, 7) is 0.332. The number of hydrogen-bond acceptors (Lipinski definition) is 2. The molecule has 4 rings (SSSR count). The van der Waals surface area contributed by atoms with Crippen molar-refractivity contribution in [1.29, 1.82) is 0 Å². The SMILES string of the molecule is O=C(Cc1ccccc1)NCCC(=O)Nc1ccc2c3c(cccc13)CC2. The van der Waals surface area contributed by atoms with E-state index in [1.807, 2.05) is 42.5 Å². The molecule has 136 valence electrons. The normalized spacial score (nSPS) is 12.1. The van der Waals surface area contributed by atoms with Crippen molar-refractivity contribution in [3.8, 4) is 0 Å². The lowest BCUT2D eigenvalue weighted by atomic mass is 10.0. The molecule has 0 saturated carbocycles. The Bertz CT molecular complexity index is 986. The van der Waals surface area contributed by atoms with Crippen molar-refractivity contribution in [1.82, 2.24) is 5.32 Å². The summed E-state index contributed by atoms with van der Waals surface area (Å²) >= 11 is 0. The monoisotopic (exact) mass is 358 g/mol. The van der Waals surface area contributed by atoms with Gasteiger partial charge in [0.2, 0.25) is 11.8 Å². The van der Waals surface area contributed by atoms with E-state index in [1.165, 1.54) is 16.5 Å². The van der Waals surface area contributed by atoms with Crippen molar-refractivity contribution in [2.75, 3.05) is 11.9 Å². The molecule has 0 aliphatic heterocycles. The van der Waals surface area contributed by atoms with Crippen molar-refractivity contribution in [3.63, 3.8) is 0 Å². The molecule has 4 heteroatoms. The zero-order valence-electron chi connectivity index (χ0n) is 15.1. The van der Waals surface area contributed by atoms with Crippen LogP contribution in [0.5, 0.6) is 0 Å². The highest BCUT2D eigenvalue weighted by Gasteiger charge is 2.16. The second-order valence-electron chi connectivity index (χ2n) is 6.92. The Kier molecular flexibility index (Phi) is 4.88. The molecule has 1 aliphatic carbocycles. The fraction of sp³-hybridized carbons (Fsp3) is 0.217. The van der Waals surface area contributed by atoms with Crippen molar-refractivity contribution < 1.29 is 9.59 Å². The third-order valence-corrected chi connectivity index (χ3v) is 5.03. The number of carbonyl (C=O) groups excluding carboxylic acids is 2. The molecule has 0 heterocycles. The fourth-order valence-corrected chi connectivity index (χ4v) is 3.73. The average Bonchev–Trinajstić information content (AvgIpc) is 3.10. The van der Waals surface area contributed by atoms with Crippen LogP contribution in [0, 0.1) is 0 Å². The van der Waals surface area contributed by atoms with E-state index in [2.05, 4.69) is 28.8 Å². The van der Waals surface area contributed by atoms with Gasteiger partial charge >= 0.3 is 0 Å². The van der Waals surface area contributed by atoms with Crippen LogP contribution in [-0.2, 0) is 28.9 Å². The first-order chi connectivity index (χ1) is 13.2. The lowest BCUT2D eigenvalue weighted by Gasteiger charge is -2.11. The largest absolute Gasteiger partial charge is 0.355 e. The highest BCUT2D eigenvalue weighted by molar-refractivity contribution is 6.05. The molecule has 0 aromatic heterocycles. The van der Waals surface area contributed by atoms with Crippen LogP contribution in [0.2, 0.25) is 0 Å². The van der Waals surface area contributed by atoms with Gasteiger partial charge in [-0.1, -0.05) is 54.6 Å². The molecule has 3 aromatic rings. The van der Waals surface area contributed by atoms with Crippen molar-refractivity contribution in [3.05, 3.63) is 77.4 Å². The maximum atomic E-state index is 12.3. The van der Waals surface area contributed by atoms with Gasteiger partial charge in [0, 0.05) is 24.0 Å². The highest BCUT2D eigenvalue weighted by Crippen LogP contribution is 2.34. The first-order valence-corrected chi connectivity index (χ1v) is 9.34. The van der Waals surface area contributed by atoms with Crippen LogP contribution in [0.3, 0.4) is 0 Å². The Balaban J connectivity index is 1.33. The van der Waals surface area contributed by atoms with Crippen molar-refractivity contribution in [2.24, 2.45) is 0 Å². The van der Waals surface area contributed by atoms with E-state index < -0.39 is 0 Å². The zero-order chi connectivity index (χ0) is 18.6. The van der Waals surface area contributed by atoms with Crippen LogP contribution in [0.4, 0.5) is 5.69 Å². The molecule has 0 radical (unpaired) electrons. The number of hydrogen-bond donors (Lipinski definition) is 2. The summed E-state index contributed by atoms with van der Waals surface area (Å²) < 4.78 is 0. The summed E-state index contributed by atoms with van der Waals surface area (Å²) in [7, 11) is 0. The van der Waals surface area contributed by atoms with Gasteiger partial charge in [0.05, 0.1) is 6.42 Å². The zero-order valence-corrected chi connectivity index (χ0v) is 15.1. The Labute approximate surface area is 158 Å². The third-order valence-electron chi connectivity index (χ3n) is 5.03. The Morgan fingerprint density at radius 3 is 2.41 bits per heavy atom. The lowest BCUT2D eigenvalue weighted by Crippen LogP contribution is -2.28. The number of carbonyl (C=O) groups is 2. The molecular weight excluding hydrogens is 336 g/mol. The summed E-state index contributed by atoms with van der Waals surface area (Å²) in [5, 5.41) is 8.20. The average molecular weight is 358 g/mol. The number of rotatable bonds is 6. The van der Waals surface area contributed by atoms with Gasteiger partial charge in [-0.3, -0.25) is 9.59 Å². The van der Waals surface area contributed by atoms with Crippen molar-refractivity contribution >= 4 is 28.3 Å². The summed E-state index contributed by atoms with van der Waals surface area (Å²) in [6, 6.07) is 19.9. The molecule has 3 aromatic carbocycles. The first-order valence-electron chi connectivity index (χ1n) is 9.34. The summed E-state index contributed by atoms with van der Waals surface area (Å²) in [6.07, 6.45) is 2.72. The van der Waals surface area contributed by atoms with Crippen LogP contribution >= 0.6 is 0 Å². The van der Waals surface area contributed by atoms with Gasteiger partial charge in [0.15, 0.2) is 0 Å². The molecule has 2 amide bonds. The lowest BCUT2D eigenvalue weighted by molar-refractivity contribution is -0.120. The Morgan fingerprint density at radius 1 is 0.815 bits per heavy atom. The molecule has 1 aliphatic rings. The van der Waals surface area contributed by atoms with E-state index in [0.29, 0.717) is 13.0 Å². The molecule has 0 atom stereocenters. The highest BCUT2D eigenvalue weighted by atomic mass is 16.2. The minimum atomic E-state index is -0.0892. The number of aryl methyl sites for hydroxylation is 2. The fourth-order valence-electron chi connectivity index (χ4n) is 3.73. The van der Waals surface area contributed by atoms with E-state index in [0.717, 1.165) is 29.5 Å². The molecule has 4 nitrogen and oxygen atoms in total. The first kappa shape index (κ1) is 17.3. The van der Waals surface area contributed by atoms with Gasteiger partial charge in [-0.2, -0.15) is 0 Å². The quantitative estimate of drug-likeness (QED) is 0.707. The van der Waals surface area contributed by atoms with E-state index >= 15 is 0 Å².